The van der Waals surface area contributed by atoms with Gasteiger partial charge in [-0.1, -0.05) is 6.07 Å². The Morgan fingerprint density at radius 1 is 0.895 bits per heavy atom. The van der Waals surface area contributed by atoms with Gasteiger partial charge in [-0.25, -0.2) is 8.78 Å². The fraction of sp³-hybridized carbons (Fsp3) is 0.179. The number of rotatable bonds is 5. The Kier molecular flexibility index (Phi) is 5.22. The normalized spacial score (nSPS) is 15.5. The number of hydrogen-bond donors (Lipinski definition) is 2. The molecular formula is C28H22F2N8. The number of aromatic amines is 2. The number of hydrogen-bond acceptors (Lipinski definition) is 6. The van der Waals surface area contributed by atoms with Gasteiger partial charge in [0.15, 0.2) is 0 Å². The third-order valence-electron chi connectivity index (χ3n) is 6.97. The lowest BCUT2D eigenvalue weighted by Crippen LogP contribution is -2.24. The number of likely N-dealkylation sites (tertiary alicyclic amines) is 1. The molecule has 0 saturated carbocycles. The van der Waals surface area contributed by atoms with E-state index in [1.54, 1.807) is 35.9 Å². The molecule has 6 aromatic heterocycles. The van der Waals surface area contributed by atoms with Gasteiger partial charge in [0.25, 0.3) is 5.92 Å². The Bertz CT molecular complexity index is 1780. The van der Waals surface area contributed by atoms with Gasteiger partial charge in [-0.2, -0.15) is 5.10 Å². The second kappa shape index (κ2) is 8.77. The molecule has 0 atom stereocenters. The van der Waals surface area contributed by atoms with Gasteiger partial charge in [-0.05, 0) is 29.8 Å². The smallest absolute Gasteiger partial charge is 0.261 e. The Morgan fingerprint density at radius 2 is 1.79 bits per heavy atom. The fourth-order valence-electron chi connectivity index (χ4n) is 5.12. The minimum Gasteiger partial charge on any atom is -0.352 e. The van der Waals surface area contributed by atoms with E-state index in [-0.39, 0.29) is 13.0 Å². The Labute approximate surface area is 215 Å². The van der Waals surface area contributed by atoms with Crippen LogP contribution in [0.2, 0.25) is 0 Å². The van der Waals surface area contributed by atoms with Crippen molar-refractivity contribution in [1.29, 1.82) is 0 Å². The second-order valence-corrected chi connectivity index (χ2v) is 9.66. The summed E-state index contributed by atoms with van der Waals surface area (Å²) >= 11 is 0. The number of nitrogens with one attached hydrogen (secondary N) is 2. The van der Waals surface area contributed by atoms with Gasteiger partial charge in [-0.3, -0.25) is 29.9 Å². The van der Waals surface area contributed by atoms with Crippen LogP contribution in [0.25, 0.3) is 55.6 Å². The molecule has 1 aliphatic rings. The minimum atomic E-state index is -2.62. The van der Waals surface area contributed by atoms with Crippen molar-refractivity contribution in [3.63, 3.8) is 0 Å². The van der Waals surface area contributed by atoms with E-state index < -0.39 is 5.92 Å². The zero-order chi connectivity index (χ0) is 25.7. The molecule has 0 amide bonds. The van der Waals surface area contributed by atoms with Crippen molar-refractivity contribution < 1.29 is 8.78 Å². The van der Waals surface area contributed by atoms with Crippen LogP contribution in [-0.4, -0.2) is 59.0 Å². The third kappa shape index (κ3) is 4.08. The highest BCUT2D eigenvalue weighted by molar-refractivity contribution is 6.00. The van der Waals surface area contributed by atoms with Crippen LogP contribution in [0.5, 0.6) is 0 Å². The predicted molar refractivity (Wildman–Crippen MR) is 140 cm³/mol. The molecular weight excluding hydrogens is 486 g/mol. The molecule has 1 aliphatic heterocycles. The average Bonchev–Trinajstić information content (AvgIpc) is 3.64. The van der Waals surface area contributed by atoms with E-state index in [2.05, 4.69) is 41.2 Å². The van der Waals surface area contributed by atoms with Gasteiger partial charge in [0.2, 0.25) is 0 Å². The highest BCUT2D eigenvalue weighted by atomic mass is 19.3. The van der Waals surface area contributed by atoms with E-state index in [4.69, 9.17) is 0 Å². The van der Waals surface area contributed by atoms with E-state index >= 15 is 0 Å². The zero-order valence-electron chi connectivity index (χ0n) is 20.2. The molecule has 1 saturated heterocycles. The van der Waals surface area contributed by atoms with Gasteiger partial charge in [0.1, 0.15) is 5.69 Å². The molecule has 0 aromatic carbocycles. The van der Waals surface area contributed by atoms with Crippen LogP contribution in [0.15, 0.2) is 73.7 Å². The maximum atomic E-state index is 13.6. The first kappa shape index (κ1) is 22.6. The molecule has 38 heavy (non-hydrogen) atoms. The van der Waals surface area contributed by atoms with Gasteiger partial charge < -0.3 is 4.98 Å². The lowest BCUT2D eigenvalue weighted by molar-refractivity contribution is 0.0115. The van der Waals surface area contributed by atoms with Crippen molar-refractivity contribution in [2.75, 3.05) is 13.1 Å². The molecule has 8 nitrogen and oxygen atoms in total. The van der Waals surface area contributed by atoms with Crippen LogP contribution in [0.1, 0.15) is 12.0 Å². The standard InChI is InChI=1S/C28H22F2N8/c29-28(30)3-5-38(16-28)15-17-6-19(11-32-9-17)23-8-21-26(14-34-23)36-37-27(21)24-7-20-22(12-33-13-25(20)35-24)18-2-1-4-31-10-18/h1-2,4,6-14,35H,3,5,15-16H2,(H,36,37). The van der Waals surface area contributed by atoms with Crippen molar-refractivity contribution in [2.24, 2.45) is 0 Å². The number of aromatic nitrogens is 7. The average molecular weight is 509 g/mol. The second-order valence-electron chi connectivity index (χ2n) is 9.66. The van der Waals surface area contributed by atoms with Gasteiger partial charge in [0, 0.05) is 78.0 Å². The lowest BCUT2D eigenvalue weighted by atomic mass is 10.1. The van der Waals surface area contributed by atoms with Crippen molar-refractivity contribution in [3.05, 3.63) is 79.3 Å². The molecule has 7 heterocycles. The molecule has 7 rings (SSSR count). The first-order valence-electron chi connectivity index (χ1n) is 12.3. The third-order valence-corrected chi connectivity index (χ3v) is 6.97. The quantitative estimate of drug-likeness (QED) is 0.321. The zero-order valence-corrected chi connectivity index (χ0v) is 20.2. The highest BCUT2D eigenvalue weighted by Crippen LogP contribution is 2.34. The summed E-state index contributed by atoms with van der Waals surface area (Å²) in [6.45, 7) is 0.586. The molecule has 1 fully saturated rings. The maximum absolute atomic E-state index is 13.6. The largest absolute Gasteiger partial charge is 0.352 e. The number of H-pyrrole nitrogens is 2. The number of pyridine rings is 4. The van der Waals surface area contributed by atoms with Crippen LogP contribution < -0.4 is 0 Å². The van der Waals surface area contributed by atoms with E-state index in [0.29, 0.717) is 13.1 Å². The molecule has 0 aliphatic carbocycles. The van der Waals surface area contributed by atoms with Gasteiger partial charge in [0.05, 0.1) is 41.4 Å². The topological polar surface area (TPSA) is 99.3 Å². The SMILES string of the molecule is FC1(F)CCN(Cc2cncc(-c3cc4c(-c5cc6c(-c7cccnc7)cncc6[nH]5)n[nH]c4cn3)c2)C1. The first-order valence-corrected chi connectivity index (χ1v) is 12.3. The van der Waals surface area contributed by atoms with E-state index in [9.17, 15) is 8.78 Å². The molecule has 0 radical (unpaired) electrons. The van der Waals surface area contributed by atoms with Crippen molar-refractivity contribution in [3.8, 4) is 33.8 Å². The molecule has 0 bridgehead atoms. The van der Waals surface area contributed by atoms with E-state index in [1.165, 1.54) is 0 Å². The molecule has 6 aromatic rings. The number of nitrogens with zero attached hydrogens (tertiary/aromatic N) is 6. The van der Waals surface area contributed by atoms with Crippen molar-refractivity contribution in [1.82, 2.24) is 40.0 Å². The maximum Gasteiger partial charge on any atom is 0.261 e. The Hall–Kier alpha value is -4.57. The van der Waals surface area contributed by atoms with Crippen LogP contribution in [0.4, 0.5) is 8.78 Å². The summed E-state index contributed by atoms with van der Waals surface area (Å²) in [4.78, 5) is 22.8. The van der Waals surface area contributed by atoms with Crippen molar-refractivity contribution >= 4 is 21.8 Å². The molecule has 188 valence electrons. The van der Waals surface area contributed by atoms with Crippen LogP contribution in [0, 0.1) is 0 Å². The fourth-order valence-corrected chi connectivity index (χ4v) is 5.12. The number of fused-ring (bicyclic) bond motifs is 2. The number of alkyl halides is 2. The molecule has 2 N–H and O–H groups in total. The highest BCUT2D eigenvalue weighted by Gasteiger charge is 2.37. The summed E-state index contributed by atoms with van der Waals surface area (Å²) in [6.07, 6.45) is 12.3. The lowest BCUT2D eigenvalue weighted by Gasteiger charge is -2.15. The van der Waals surface area contributed by atoms with E-state index in [1.807, 2.05) is 36.7 Å². The summed E-state index contributed by atoms with van der Waals surface area (Å²) in [6, 6.07) is 9.93. The first-order chi connectivity index (χ1) is 18.5. The van der Waals surface area contributed by atoms with Gasteiger partial charge >= 0.3 is 0 Å². The molecule has 0 unspecified atom stereocenters. The Balaban J connectivity index is 1.24. The summed E-state index contributed by atoms with van der Waals surface area (Å²) in [5, 5.41) is 9.58. The minimum absolute atomic E-state index is 0.102. The van der Waals surface area contributed by atoms with Crippen molar-refractivity contribution in [2.45, 2.75) is 18.9 Å². The van der Waals surface area contributed by atoms with Gasteiger partial charge in [-0.15, -0.1) is 0 Å². The monoisotopic (exact) mass is 508 g/mol. The summed E-state index contributed by atoms with van der Waals surface area (Å²) in [5.74, 6) is -2.62. The summed E-state index contributed by atoms with van der Waals surface area (Å²) < 4.78 is 27.3. The van der Waals surface area contributed by atoms with Crippen LogP contribution in [0.3, 0.4) is 0 Å². The Morgan fingerprint density at radius 3 is 2.63 bits per heavy atom. The van der Waals surface area contributed by atoms with Crippen LogP contribution >= 0.6 is 0 Å². The summed E-state index contributed by atoms with van der Waals surface area (Å²) in [7, 11) is 0. The van der Waals surface area contributed by atoms with E-state index in [0.717, 1.165) is 61.1 Å². The molecule has 0 spiro atoms. The summed E-state index contributed by atoms with van der Waals surface area (Å²) in [5.41, 5.74) is 7.72. The van der Waals surface area contributed by atoms with Crippen LogP contribution in [-0.2, 0) is 6.54 Å². The predicted octanol–water partition coefficient (Wildman–Crippen LogP) is 5.47. The number of halogens is 2. The molecule has 10 heteroatoms.